The van der Waals surface area contributed by atoms with E-state index in [0.717, 1.165) is 35.4 Å². The van der Waals surface area contributed by atoms with Crippen molar-refractivity contribution in [1.29, 1.82) is 0 Å². The van der Waals surface area contributed by atoms with Gasteiger partial charge in [-0.15, -0.1) is 0 Å². The van der Waals surface area contributed by atoms with Gasteiger partial charge in [-0.3, -0.25) is 4.79 Å². The van der Waals surface area contributed by atoms with Gasteiger partial charge in [0.2, 0.25) is 0 Å². The van der Waals surface area contributed by atoms with Crippen molar-refractivity contribution >= 4 is 17.4 Å². The zero-order valence-electron chi connectivity index (χ0n) is 16.3. The molecule has 0 fully saturated rings. The highest BCUT2D eigenvalue weighted by Gasteiger charge is 2.43. The topological polar surface area (TPSA) is 17.1 Å². The Hall–Kier alpha value is -2.38. The number of rotatable bonds is 1. The van der Waals surface area contributed by atoms with Crippen LogP contribution >= 0.6 is 11.6 Å². The molecule has 0 aromatic heterocycles. The molecule has 5 rings (SSSR count). The smallest absolute Gasteiger partial charge is 0.147 e. The minimum Gasteiger partial charge on any atom is -0.298 e. The van der Waals surface area contributed by atoms with E-state index in [1.807, 2.05) is 18.2 Å². The Balaban J connectivity index is 1.75. The Morgan fingerprint density at radius 1 is 0.821 bits per heavy atom. The van der Waals surface area contributed by atoms with Crippen LogP contribution in [0.1, 0.15) is 46.7 Å². The maximum absolute atomic E-state index is 13.2. The van der Waals surface area contributed by atoms with Crippen molar-refractivity contribution in [1.82, 2.24) is 0 Å². The molecule has 0 radical (unpaired) electrons. The molecule has 2 heteroatoms. The molecule has 140 valence electrons. The molecular weight excluding hydrogens is 364 g/mol. The fourth-order valence-corrected chi connectivity index (χ4v) is 5.59. The molecule has 2 aliphatic carbocycles. The number of ketones is 1. The van der Waals surface area contributed by atoms with E-state index in [9.17, 15) is 4.79 Å². The maximum atomic E-state index is 13.2. The summed E-state index contributed by atoms with van der Waals surface area (Å²) in [5.74, 6) is 0.307. The van der Waals surface area contributed by atoms with E-state index in [0.29, 0.717) is 12.2 Å². The van der Waals surface area contributed by atoms with Crippen LogP contribution < -0.4 is 0 Å². The van der Waals surface area contributed by atoms with Gasteiger partial charge in [-0.05, 0) is 89.8 Å². The van der Waals surface area contributed by atoms with Gasteiger partial charge < -0.3 is 0 Å². The summed E-state index contributed by atoms with van der Waals surface area (Å²) in [7, 11) is 0. The van der Waals surface area contributed by atoms with Crippen molar-refractivity contribution < 1.29 is 4.79 Å². The van der Waals surface area contributed by atoms with E-state index in [2.05, 4.69) is 50.2 Å². The van der Waals surface area contributed by atoms with Gasteiger partial charge in [-0.2, -0.15) is 0 Å². The number of carbonyl (C=O) groups is 1. The first-order valence-electron chi connectivity index (χ1n) is 10.0. The van der Waals surface area contributed by atoms with Crippen molar-refractivity contribution in [3.05, 3.63) is 93.0 Å². The summed E-state index contributed by atoms with van der Waals surface area (Å²) in [6, 6.07) is 19.1. The second-order valence-corrected chi connectivity index (χ2v) is 8.72. The van der Waals surface area contributed by atoms with Crippen molar-refractivity contribution in [2.75, 3.05) is 0 Å². The largest absolute Gasteiger partial charge is 0.298 e. The Labute approximate surface area is 171 Å². The van der Waals surface area contributed by atoms with Gasteiger partial charge in [0, 0.05) is 11.4 Å². The van der Waals surface area contributed by atoms with E-state index >= 15 is 0 Å². The summed E-state index contributed by atoms with van der Waals surface area (Å²) in [5.41, 5.74) is 9.72. The summed E-state index contributed by atoms with van der Waals surface area (Å²) in [6.45, 7) is 4.16. The normalized spacial score (nSPS) is 20.3. The standard InChI is InChI=1S/C26H23ClO/c1-16-15-18(27)8-12-23(16)26(2)24-13-10-20-19-6-4-3-5-17(19)7-9-21(20)22(24)11-14-25(26)28/h3-6,8,10,12-13,15H,7,9,11,14H2,1-2H3. The van der Waals surface area contributed by atoms with Gasteiger partial charge in [0.1, 0.15) is 5.78 Å². The van der Waals surface area contributed by atoms with Gasteiger partial charge in [0.25, 0.3) is 0 Å². The first-order chi connectivity index (χ1) is 13.5. The highest BCUT2D eigenvalue weighted by molar-refractivity contribution is 6.30. The minimum absolute atomic E-state index is 0.307. The van der Waals surface area contributed by atoms with Crippen LogP contribution in [0.5, 0.6) is 0 Å². The highest BCUT2D eigenvalue weighted by atomic mass is 35.5. The third-order valence-electron chi connectivity index (χ3n) is 6.81. The van der Waals surface area contributed by atoms with Crippen LogP contribution in [0.3, 0.4) is 0 Å². The minimum atomic E-state index is -0.603. The Kier molecular flexibility index (Phi) is 4.00. The monoisotopic (exact) mass is 386 g/mol. The van der Waals surface area contributed by atoms with Gasteiger partial charge in [-0.1, -0.05) is 54.1 Å². The van der Waals surface area contributed by atoms with E-state index in [4.69, 9.17) is 11.6 Å². The zero-order valence-corrected chi connectivity index (χ0v) is 17.1. The van der Waals surface area contributed by atoms with Crippen molar-refractivity contribution in [2.45, 2.75) is 44.9 Å². The summed E-state index contributed by atoms with van der Waals surface area (Å²) in [4.78, 5) is 13.2. The van der Waals surface area contributed by atoms with Crippen LogP contribution in [0.25, 0.3) is 11.1 Å². The molecule has 0 saturated heterocycles. The molecule has 0 bridgehead atoms. The lowest BCUT2D eigenvalue weighted by Crippen LogP contribution is -2.39. The summed E-state index contributed by atoms with van der Waals surface area (Å²) in [5, 5.41) is 0.718. The van der Waals surface area contributed by atoms with E-state index in [1.54, 1.807) is 0 Å². The number of fused-ring (bicyclic) bond motifs is 5. The lowest BCUT2D eigenvalue weighted by Gasteiger charge is -2.38. The maximum Gasteiger partial charge on any atom is 0.147 e. The predicted octanol–water partition coefficient (Wildman–Crippen LogP) is 6.24. The Morgan fingerprint density at radius 3 is 2.39 bits per heavy atom. The number of halogens is 1. The fraction of sp³-hybridized carbons (Fsp3) is 0.269. The number of hydrogen-bond donors (Lipinski definition) is 0. The average Bonchev–Trinajstić information content (AvgIpc) is 2.70. The van der Waals surface area contributed by atoms with Gasteiger partial charge in [0.15, 0.2) is 0 Å². The molecule has 1 atom stereocenters. The van der Waals surface area contributed by atoms with Crippen LogP contribution in [0.2, 0.25) is 5.02 Å². The second kappa shape index (κ2) is 6.32. The third kappa shape index (κ3) is 2.42. The summed E-state index contributed by atoms with van der Waals surface area (Å²) < 4.78 is 0. The number of Topliss-reactive ketones (excluding diaryl/α,β-unsaturated/α-hetero) is 1. The van der Waals surface area contributed by atoms with Crippen molar-refractivity contribution in [2.24, 2.45) is 0 Å². The van der Waals surface area contributed by atoms with E-state index in [1.165, 1.54) is 33.4 Å². The molecule has 0 aliphatic heterocycles. The summed E-state index contributed by atoms with van der Waals surface area (Å²) in [6.07, 6.45) is 3.58. The molecule has 2 aliphatic rings. The molecule has 3 aromatic carbocycles. The molecule has 0 N–H and O–H groups in total. The first-order valence-corrected chi connectivity index (χ1v) is 10.4. The lowest BCUT2D eigenvalue weighted by molar-refractivity contribution is -0.123. The van der Waals surface area contributed by atoms with Crippen LogP contribution in [0, 0.1) is 6.92 Å². The third-order valence-corrected chi connectivity index (χ3v) is 7.04. The molecular formula is C26H23ClO. The molecule has 1 unspecified atom stereocenters. The Morgan fingerprint density at radius 2 is 1.57 bits per heavy atom. The molecule has 0 spiro atoms. The van der Waals surface area contributed by atoms with Gasteiger partial charge in [-0.25, -0.2) is 0 Å². The summed E-state index contributed by atoms with van der Waals surface area (Å²) >= 11 is 6.20. The van der Waals surface area contributed by atoms with Crippen LogP contribution in [-0.4, -0.2) is 5.78 Å². The SMILES string of the molecule is Cc1cc(Cl)ccc1C1(C)C(=O)CCc2c1ccc1c2CCc2ccccc2-1. The molecule has 0 amide bonds. The highest BCUT2D eigenvalue weighted by Crippen LogP contribution is 2.46. The van der Waals surface area contributed by atoms with Gasteiger partial charge >= 0.3 is 0 Å². The van der Waals surface area contributed by atoms with E-state index < -0.39 is 5.41 Å². The molecule has 1 nitrogen and oxygen atoms in total. The molecule has 0 heterocycles. The number of carbonyl (C=O) groups excluding carboxylic acids is 1. The zero-order chi connectivity index (χ0) is 19.5. The average molecular weight is 387 g/mol. The van der Waals surface area contributed by atoms with Crippen LogP contribution in [0.4, 0.5) is 0 Å². The van der Waals surface area contributed by atoms with Crippen LogP contribution in [0.15, 0.2) is 54.6 Å². The lowest BCUT2D eigenvalue weighted by atomic mass is 9.63. The van der Waals surface area contributed by atoms with Gasteiger partial charge in [0.05, 0.1) is 5.41 Å². The van der Waals surface area contributed by atoms with Crippen molar-refractivity contribution in [3.63, 3.8) is 0 Å². The molecule has 0 saturated carbocycles. The fourth-order valence-electron chi connectivity index (χ4n) is 5.37. The first kappa shape index (κ1) is 17.7. The quantitative estimate of drug-likeness (QED) is 0.484. The second-order valence-electron chi connectivity index (χ2n) is 8.28. The predicted molar refractivity (Wildman–Crippen MR) is 115 cm³/mol. The number of benzene rings is 3. The van der Waals surface area contributed by atoms with Crippen molar-refractivity contribution in [3.8, 4) is 11.1 Å². The molecule has 28 heavy (non-hydrogen) atoms. The Bertz CT molecular complexity index is 1130. The number of aryl methyl sites for hydroxylation is 2. The van der Waals surface area contributed by atoms with E-state index in [-0.39, 0.29) is 0 Å². The molecule has 3 aromatic rings. The number of hydrogen-bond acceptors (Lipinski definition) is 1. The van der Waals surface area contributed by atoms with Crippen LogP contribution in [-0.2, 0) is 29.5 Å².